The van der Waals surface area contributed by atoms with E-state index in [2.05, 4.69) is 0 Å². The number of aryl methyl sites for hydroxylation is 1. The van der Waals surface area contributed by atoms with Gasteiger partial charge in [-0.25, -0.2) is 8.42 Å². The summed E-state index contributed by atoms with van der Waals surface area (Å²) in [5.41, 5.74) is 0.551. The predicted molar refractivity (Wildman–Crippen MR) is 77.0 cm³/mol. The molecular formula is C13H16N2O5S. The predicted octanol–water partition coefficient (Wildman–Crippen LogP) is 1.16. The van der Waals surface area contributed by atoms with Gasteiger partial charge in [-0.05, 0) is 19.4 Å². The first-order chi connectivity index (χ1) is 9.71. The van der Waals surface area contributed by atoms with E-state index in [1.165, 1.54) is 30.1 Å². The van der Waals surface area contributed by atoms with Gasteiger partial charge in [-0.3, -0.25) is 14.9 Å². The minimum absolute atomic E-state index is 0.0524. The zero-order chi connectivity index (χ0) is 15.8. The molecule has 1 heterocycles. The third-order valence-corrected chi connectivity index (χ3v) is 5.48. The van der Waals surface area contributed by atoms with Gasteiger partial charge in [0.25, 0.3) is 11.6 Å². The lowest BCUT2D eigenvalue weighted by Crippen LogP contribution is -2.37. The lowest BCUT2D eigenvalue weighted by Gasteiger charge is -2.23. The van der Waals surface area contributed by atoms with Crippen LogP contribution in [0.3, 0.4) is 0 Å². The number of nitro benzene ring substituents is 1. The van der Waals surface area contributed by atoms with Crippen molar-refractivity contribution in [2.75, 3.05) is 18.6 Å². The Labute approximate surface area is 122 Å². The molecule has 1 aromatic carbocycles. The molecule has 1 amide bonds. The molecule has 1 aliphatic heterocycles. The summed E-state index contributed by atoms with van der Waals surface area (Å²) in [6, 6.07) is 3.90. The van der Waals surface area contributed by atoms with Gasteiger partial charge in [0.15, 0.2) is 9.84 Å². The van der Waals surface area contributed by atoms with Crippen molar-refractivity contribution in [3.05, 3.63) is 39.4 Å². The molecule has 21 heavy (non-hydrogen) atoms. The van der Waals surface area contributed by atoms with Crippen LogP contribution in [0.1, 0.15) is 22.3 Å². The van der Waals surface area contributed by atoms with Crippen molar-refractivity contribution in [2.45, 2.75) is 19.4 Å². The normalized spacial score (nSPS) is 20.2. The molecule has 1 aromatic rings. The second kappa shape index (κ2) is 5.44. The second-order valence-corrected chi connectivity index (χ2v) is 7.46. The lowest BCUT2D eigenvalue weighted by molar-refractivity contribution is -0.385. The number of hydrogen-bond acceptors (Lipinski definition) is 5. The van der Waals surface area contributed by atoms with Crippen molar-refractivity contribution >= 4 is 21.4 Å². The highest BCUT2D eigenvalue weighted by Crippen LogP contribution is 2.22. The number of hydrogen-bond donors (Lipinski definition) is 0. The molecule has 8 heteroatoms. The Kier molecular flexibility index (Phi) is 3.99. The van der Waals surface area contributed by atoms with Gasteiger partial charge in [-0.2, -0.15) is 0 Å². The van der Waals surface area contributed by atoms with Gasteiger partial charge in [-0.15, -0.1) is 0 Å². The molecule has 0 saturated carbocycles. The SMILES string of the molecule is Cc1ccc(C(=O)N(C)[C@H]2CCS(=O)(=O)C2)cc1[N+](=O)[O-]. The molecule has 0 aromatic heterocycles. The maximum Gasteiger partial charge on any atom is 0.273 e. The summed E-state index contributed by atoms with van der Waals surface area (Å²) in [6.45, 7) is 1.60. The number of nitro groups is 1. The van der Waals surface area contributed by atoms with E-state index >= 15 is 0 Å². The Morgan fingerprint density at radius 2 is 2.10 bits per heavy atom. The van der Waals surface area contributed by atoms with Crippen molar-refractivity contribution in [3.8, 4) is 0 Å². The standard InChI is InChI=1S/C13H16N2O5S/c1-9-3-4-10(7-12(9)15(17)18)13(16)14(2)11-5-6-21(19,20)8-11/h3-4,7,11H,5-6,8H2,1-2H3/t11-/m0/s1. The molecular weight excluding hydrogens is 296 g/mol. The minimum atomic E-state index is -3.09. The highest BCUT2D eigenvalue weighted by Gasteiger charge is 2.33. The second-order valence-electron chi connectivity index (χ2n) is 5.23. The van der Waals surface area contributed by atoms with Crippen LogP contribution in [0.15, 0.2) is 18.2 Å². The third kappa shape index (κ3) is 3.21. The molecule has 0 spiro atoms. The first-order valence-electron chi connectivity index (χ1n) is 6.44. The summed E-state index contributed by atoms with van der Waals surface area (Å²) in [4.78, 5) is 24.1. The molecule has 0 aliphatic carbocycles. The lowest BCUT2D eigenvalue weighted by atomic mass is 10.1. The largest absolute Gasteiger partial charge is 0.338 e. The monoisotopic (exact) mass is 312 g/mol. The van der Waals surface area contributed by atoms with Crippen molar-refractivity contribution < 1.29 is 18.1 Å². The number of amides is 1. The molecule has 114 valence electrons. The highest BCUT2D eigenvalue weighted by atomic mass is 32.2. The highest BCUT2D eigenvalue weighted by molar-refractivity contribution is 7.91. The van der Waals surface area contributed by atoms with Crippen LogP contribution in [0, 0.1) is 17.0 Å². The fraction of sp³-hybridized carbons (Fsp3) is 0.462. The molecule has 1 atom stereocenters. The molecule has 0 bridgehead atoms. The summed E-state index contributed by atoms with van der Waals surface area (Å²) in [6.07, 6.45) is 0.401. The van der Waals surface area contributed by atoms with Gasteiger partial charge in [0.1, 0.15) is 0 Å². The van der Waals surface area contributed by atoms with Gasteiger partial charge in [-0.1, -0.05) is 6.07 Å². The van der Waals surface area contributed by atoms with Gasteiger partial charge in [0.2, 0.25) is 0 Å². The van der Waals surface area contributed by atoms with Gasteiger partial charge >= 0.3 is 0 Å². The maximum absolute atomic E-state index is 12.3. The Bertz CT molecular complexity index is 699. The van der Waals surface area contributed by atoms with Crippen molar-refractivity contribution in [1.82, 2.24) is 4.90 Å². The van der Waals surface area contributed by atoms with Gasteiger partial charge < -0.3 is 4.90 Å². The zero-order valence-corrected chi connectivity index (χ0v) is 12.6. The van der Waals surface area contributed by atoms with E-state index in [0.717, 1.165) is 0 Å². The Morgan fingerprint density at radius 1 is 1.43 bits per heavy atom. The molecule has 1 aliphatic rings. The number of nitrogens with zero attached hydrogens (tertiary/aromatic N) is 2. The summed E-state index contributed by atoms with van der Waals surface area (Å²) in [7, 11) is -1.56. The van der Waals surface area contributed by atoms with Crippen LogP contribution < -0.4 is 0 Å². The summed E-state index contributed by atoms with van der Waals surface area (Å²) >= 11 is 0. The number of carbonyl (C=O) groups excluding carboxylic acids is 1. The third-order valence-electron chi connectivity index (χ3n) is 3.73. The van der Waals surface area contributed by atoms with E-state index < -0.39 is 20.7 Å². The fourth-order valence-corrected chi connectivity index (χ4v) is 4.16. The summed E-state index contributed by atoms with van der Waals surface area (Å²) in [5.74, 6) is -0.382. The number of sulfone groups is 1. The molecule has 0 N–H and O–H groups in total. The molecule has 0 unspecified atom stereocenters. The molecule has 1 fully saturated rings. The average molecular weight is 312 g/mol. The summed E-state index contributed by atoms with van der Waals surface area (Å²) in [5, 5.41) is 10.9. The van der Waals surface area contributed by atoms with Gasteiger partial charge in [0, 0.05) is 30.3 Å². The maximum atomic E-state index is 12.3. The number of carbonyl (C=O) groups is 1. The van der Waals surface area contributed by atoms with E-state index in [1.807, 2.05) is 0 Å². The van der Waals surface area contributed by atoms with E-state index in [1.54, 1.807) is 6.92 Å². The topological polar surface area (TPSA) is 97.6 Å². The minimum Gasteiger partial charge on any atom is -0.338 e. The molecule has 7 nitrogen and oxygen atoms in total. The Balaban J connectivity index is 2.24. The fourth-order valence-electron chi connectivity index (χ4n) is 2.39. The van der Waals surface area contributed by atoms with Crippen molar-refractivity contribution in [1.29, 1.82) is 0 Å². The molecule has 2 rings (SSSR count). The van der Waals surface area contributed by atoms with E-state index in [0.29, 0.717) is 12.0 Å². The van der Waals surface area contributed by atoms with Crippen molar-refractivity contribution in [2.24, 2.45) is 0 Å². The van der Waals surface area contributed by atoms with Crippen LogP contribution in [-0.2, 0) is 9.84 Å². The van der Waals surface area contributed by atoms with Gasteiger partial charge in [0.05, 0.1) is 16.4 Å². The number of benzene rings is 1. The van der Waals surface area contributed by atoms with E-state index in [9.17, 15) is 23.3 Å². The van der Waals surface area contributed by atoms with Crippen LogP contribution in [0.5, 0.6) is 0 Å². The number of rotatable bonds is 3. The van der Waals surface area contributed by atoms with Crippen LogP contribution >= 0.6 is 0 Å². The van der Waals surface area contributed by atoms with Crippen LogP contribution in [0.4, 0.5) is 5.69 Å². The average Bonchev–Trinajstić information content (AvgIpc) is 2.77. The van der Waals surface area contributed by atoms with Crippen molar-refractivity contribution in [3.63, 3.8) is 0 Å². The molecule has 0 radical (unpaired) electrons. The van der Waals surface area contributed by atoms with Crippen LogP contribution in [0.25, 0.3) is 0 Å². The van der Waals surface area contributed by atoms with E-state index in [4.69, 9.17) is 0 Å². The first kappa shape index (κ1) is 15.4. The summed E-state index contributed by atoms with van der Waals surface area (Å²) < 4.78 is 22.9. The Morgan fingerprint density at radius 3 is 2.62 bits per heavy atom. The zero-order valence-electron chi connectivity index (χ0n) is 11.8. The van der Waals surface area contributed by atoms with Crippen LogP contribution in [0.2, 0.25) is 0 Å². The van der Waals surface area contributed by atoms with Crippen LogP contribution in [-0.4, -0.2) is 48.7 Å². The Hall–Kier alpha value is -1.96. The quantitative estimate of drug-likeness (QED) is 0.616. The molecule has 1 saturated heterocycles. The van der Waals surface area contributed by atoms with E-state index in [-0.39, 0.29) is 28.8 Å². The first-order valence-corrected chi connectivity index (χ1v) is 8.26. The smallest absolute Gasteiger partial charge is 0.273 e.